The summed E-state index contributed by atoms with van der Waals surface area (Å²) in [5.41, 5.74) is 3.10. The van der Waals surface area contributed by atoms with Gasteiger partial charge in [0.25, 0.3) is 20.1 Å². The minimum Gasteiger partial charge on any atom is -0.271 e. The van der Waals surface area contributed by atoms with Crippen molar-refractivity contribution in [1.82, 2.24) is 15.2 Å². The summed E-state index contributed by atoms with van der Waals surface area (Å²) in [6.07, 6.45) is 15.6. The molecule has 4 rings (SSSR count). The molecule has 2 aliphatic carbocycles. The largest absolute Gasteiger partial charge is 0.338 e. The van der Waals surface area contributed by atoms with Gasteiger partial charge in [-0.15, -0.1) is 5.43 Å². The monoisotopic (exact) mass is 637 g/mol. The van der Waals surface area contributed by atoms with Gasteiger partial charge >= 0.3 is 15.1 Å². The summed E-state index contributed by atoms with van der Waals surface area (Å²) in [5.74, 6) is 1.37. The fraction of sp³-hybridized carbons (Fsp3) is 0.760. The van der Waals surface area contributed by atoms with Crippen LogP contribution in [0.1, 0.15) is 79.1 Å². The molecule has 0 radical (unpaired) electrons. The molecule has 1 aromatic heterocycles. The van der Waals surface area contributed by atoms with E-state index in [1.807, 2.05) is 0 Å². The maximum Gasteiger partial charge on any atom is 0.338 e. The second-order valence-corrected chi connectivity index (χ2v) is 17.2. The summed E-state index contributed by atoms with van der Waals surface area (Å²) < 4.78 is 70.7. The topological polar surface area (TPSA) is 206 Å². The lowest BCUT2D eigenvalue weighted by Crippen LogP contribution is -2.20. The molecule has 0 amide bonds. The highest BCUT2D eigenvalue weighted by atomic mass is 32.2. The Kier molecular flexibility index (Phi) is 12.1. The summed E-state index contributed by atoms with van der Waals surface area (Å²) in [6, 6.07) is 1.45. The van der Waals surface area contributed by atoms with Crippen molar-refractivity contribution in [1.29, 1.82) is 0 Å². The van der Waals surface area contributed by atoms with E-state index in [4.69, 9.17) is 9.32 Å². The van der Waals surface area contributed by atoms with Gasteiger partial charge in [0.05, 0.1) is 12.9 Å². The molecule has 0 saturated heterocycles. The summed E-state index contributed by atoms with van der Waals surface area (Å²) in [5, 5.41) is 16.7. The number of nitrogens with one attached hydrogen (secondary N) is 1. The first-order valence-corrected chi connectivity index (χ1v) is 18.4. The molecule has 2 unspecified atom stereocenters. The van der Waals surface area contributed by atoms with E-state index in [2.05, 4.69) is 54.7 Å². The Bertz CT molecular complexity index is 1400. The number of aromatic nitrogens is 2. The third-order valence-corrected chi connectivity index (χ3v) is 9.54. The van der Waals surface area contributed by atoms with Gasteiger partial charge in [-0.25, -0.2) is 18.7 Å². The average molecular weight is 638 g/mol. The maximum absolute atomic E-state index is 11.1. The molecule has 234 valence electrons. The third-order valence-electron chi connectivity index (χ3n) is 7.36. The Morgan fingerprint density at radius 2 is 1.54 bits per heavy atom. The number of hydrogen-bond acceptors (Lipinski definition) is 10. The van der Waals surface area contributed by atoms with E-state index in [0.29, 0.717) is 23.4 Å². The Balaban J connectivity index is 0.000000228. The van der Waals surface area contributed by atoms with Crippen LogP contribution in [0.4, 0.5) is 0 Å². The van der Waals surface area contributed by atoms with Gasteiger partial charge in [-0.3, -0.25) is 8.86 Å². The number of aryl methyl sites for hydroxylation is 1. The zero-order valence-electron chi connectivity index (χ0n) is 24.5. The number of nitrogens with two attached hydrogens (primary N) is 2. The van der Waals surface area contributed by atoms with Gasteiger partial charge in [0.1, 0.15) is 0 Å². The van der Waals surface area contributed by atoms with Gasteiger partial charge in [0.2, 0.25) is 12.3 Å². The van der Waals surface area contributed by atoms with Crippen LogP contribution in [0.15, 0.2) is 28.5 Å². The molecule has 1 aliphatic heterocycles. The van der Waals surface area contributed by atoms with Crippen LogP contribution in [0.5, 0.6) is 0 Å². The van der Waals surface area contributed by atoms with Crippen molar-refractivity contribution >= 4 is 35.2 Å². The molecule has 0 aromatic carbocycles. The summed E-state index contributed by atoms with van der Waals surface area (Å²) >= 11 is 0. The minimum atomic E-state index is -3.67. The molecule has 0 bridgehead atoms. The first-order chi connectivity index (χ1) is 18.7. The Hall–Kier alpha value is -1.94. The molecule has 2 fully saturated rings. The number of hydrogen-bond donors (Lipinski definition) is 3. The predicted octanol–water partition coefficient (Wildman–Crippen LogP) is 2.43. The summed E-state index contributed by atoms with van der Waals surface area (Å²) in [6.45, 7) is 10.3. The number of sulfonamides is 2. The first-order valence-electron chi connectivity index (χ1n) is 13.5. The van der Waals surface area contributed by atoms with Crippen molar-refractivity contribution in [3.05, 3.63) is 24.5 Å². The number of primary sulfonamides is 2. The van der Waals surface area contributed by atoms with Gasteiger partial charge in [0, 0.05) is 12.7 Å². The SMILES string of the molecule is CC1(C)CCC(CCOS(C)(=O)=O)C1.CC1(C)CCC(CCn2ccc(S(N)(=O)=O)n2)C1.NS(=O)(=O)C1=NN[C+]=C1. The van der Waals surface area contributed by atoms with E-state index in [0.717, 1.165) is 37.6 Å². The zero-order valence-corrected chi connectivity index (χ0v) is 27.0. The Morgan fingerprint density at radius 1 is 0.976 bits per heavy atom. The van der Waals surface area contributed by atoms with E-state index in [1.165, 1.54) is 44.6 Å². The lowest BCUT2D eigenvalue weighted by Gasteiger charge is -2.16. The van der Waals surface area contributed by atoms with Crippen molar-refractivity contribution in [3.8, 4) is 0 Å². The molecule has 13 nitrogen and oxygen atoms in total. The quantitative estimate of drug-likeness (QED) is 0.282. The smallest absolute Gasteiger partial charge is 0.271 e. The number of rotatable bonds is 8. The van der Waals surface area contributed by atoms with Gasteiger partial charge in [0.15, 0.2) is 5.03 Å². The molecule has 0 spiro atoms. The van der Waals surface area contributed by atoms with E-state index in [9.17, 15) is 25.3 Å². The van der Waals surface area contributed by atoms with Crippen LogP contribution in [-0.2, 0) is 40.9 Å². The highest BCUT2D eigenvalue weighted by Gasteiger charge is 2.31. The molecule has 1 aromatic rings. The second kappa shape index (κ2) is 14.0. The highest BCUT2D eigenvalue weighted by Crippen LogP contribution is 2.43. The standard InChI is InChI=1S/C12H21N3O2S.C10H20O3S.C3H4N3O2S/c1-12(2)6-3-10(9-12)4-7-15-8-5-11(14-15)18(13,16)17;1-10(2)6-4-9(8-10)5-7-13-14(3,11)12;4-9(7,8)3-1-2-5-6-3/h5,8,10H,3-4,6-7,9H2,1-2H3,(H2,13,16,17);9H,4-8H2,1-3H3;1H,(H,5,6)(H2,4,7,8)/q;;+1. The fourth-order valence-corrected chi connectivity index (χ4v) is 6.58. The van der Waals surface area contributed by atoms with Crippen molar-refractivity contribution < 1.29 is 29.4 Å². The summed E-state index contributed by atoms with van der Waals surface area (Å²) in [4.78, 5) is 0. The molecule has 3 aliphatic rings. The molecule has 2 saturated carbocycles. The van der Waals surface area contributed by atoms with Crippen molar-refractivity contribution in [2.75, 3.05) is 12.9 Å². The molecule has 16 heteroatoms. The molecular weight excluding hydrogens is 593 g/mol. The second-order valence-electron chi connectivity index (χ2n) is 12.5. The van der Waals surface area contributed by atoms with Crippen LogP contribution in [0, 0.1) is 28.9 Å². The van der Waals surface area contributed by atoms with Gasteiger partial charge in [-0.1, -0.05) is 27.7 Å². The van der Waals surface area contributed by atoms with E-state index in [1.54, 1.807) is 10.9 Å². The van der Waals surface area contributed by atoms with Crippen LogP contribution in [0.2, 0.25) is 0 Å². The van der Waals surface area contributed by atoms with E-state index in [-0.39, 0.29) is 10.1 Å². The van der Waals surface area contributed by atoms with Crippen LogP contribution in [-0.4, -0.2) is 52.9 Å². The minimum absolute atomic E-state index is 0.0470. The van der Waals surface area contributed by atoms with Gasteiger partial charge in [-0.05, 0) is 85.2 Å². The number of hydrazone groups is 1. The summed E-state index contributed by atoms with van der Waals surface area (Å²) in [7, 11) is -10.5. The fourth-order valence-electron chi connectivity index (χ4n) is 5.31. The molecule has 2 atom stereocenters. The lowest BCUT2D eigenvalue weighted by molar-refractivity contribution is 0.274. The third kappa shape index (κ3) is 13.7. The zero-order chi connectivity index (χ0) is 31.1. The van der Waals surface area contributed by atoms with Gasteiger partial charge in [-0.2, -0.15) is 21.9 Å². The van der Waals surface area contributed by atoms with Crippen molar-refractivity contribution in [2.24, 2.45) is 38.0 Å². The first kappa shape index (κ1) is 35.3. The average Bonchev–Trinajstić information content (AvgIpc) is 3.58. The van der Waals surface area contributed by atoms with Crippen LogP contribution >= 0.6 is 0 Å². The van der Waals surface area contributed by atoms with Crippen LogP contribution in [0.25, 0.3) is 0 Å². The van der Waals surface area contributed by atoms with Crippen LogP contribution in [0.3, 0.4) is 0 Å². The molecular formula is C25H45N6O7S3+. The van der Waals surface area contributed by atoms with Crippen molar-refractivity contribution in [3.63, 3.8) is 0 Å². The molecule has 41 heavy (non-hydrogen) atoms. The molecule has 5 N–H and O–H groups in total. The van der Waals surface area contributed by atoms with Gasteiger partial charge < -0.3 is 0 Å². The van der Waals surface area contributed by atoms with Crippen LogP contribution < -0.4 is 15.7 Å². The maximum atomic E-state index is 11.1. The lowest BCUT2D eigenvalue weighted by atomic mass is 9.90. The normalized spacial score (nSPS) is 23.0. The predicted molar refractivity (Wildman–Crippen MR) is 157 cm³/mol. The van der Waals surface area contributed by atoms with E-state index >= 15 is 0 Å². The number of nitrogens with zero attached hydrogens (tertiary/aromatic N) is 3. The van der Waals surface area contributed by atoms with Crippen molar-refractivity contribution in [2.45, 2.75) is 90.6 Å². The van der Waals surface area contributed by atoms with E-state index < -0.39 is 30.2 Å². The Labute approximate surface area is 245 Å². The highest BCUT2D eigenvalue weighted by molar-refractivity contribution is 8.04. The Morgan fingerprint density at radius 3 is 1.90 bits per heavy atom. The molecule has 2 heterocycles.